The van der Waals surface area contributed by atoms with Crippen LogP contribution in [0.1, 0.15) is 34.2 Å². The monoisotopic (exact) mass is 260 g/mol. The van der Waals surface area contributed by atoms with Crippen LogP contribution in [0.5, 0.6) is 0 Å². The van der Waals surface area contributed by atoms with Crippen molar-refractivity contribution in [3.8, 4) is 0 Å². The Morgan fingerprint density at radius 2 is 2.11 bits per heavy atom. The molecule has 4 heteroatoms. The van der Waals surface area contributed by atoms with Crippen molar-refractivity contribution in [2.24, 2.45) is 7.05 Å². The van der Waals surface area contributed by atoms with E-state index in [-0.39, 0.29) is 18.0 Å². The average Bonchev–Trinajstić information content (AvgIpc) is 2.73. The van der Waals surface area contributed by atoms with Gasteiger partial charge in [0, 0.05) is 18.3 Å². The quantitative estimate of drug-likeness (QED) is 0.792. The summed E-state index contributed by atoms with van der Waals surface area (Å²) in [5.74, 6) is -0.306. The molecule has 0 atom stereocenters. The molecule has 1 aromatic heterocycles. The summed E-state index contributed by atoms with van der Waals surface area (Å²) in [6.07, 6.45) is 1.13. The van der Waals surface area contributed by atoms with Gasteiger partial charge in [-0.05, 0) is 43.2 Å². The van der Waals surface area contributed by atoms with E-state index in [1.165, 1.54) is 12.1 Å². The highest BCUT2D eigenvalue weighted by Gasteiger charge is 2.12. The maximum absolute atomic E-state index is 13.2. The highest BCUT2D eigenvalue weighted by Crippen LogP contribution is 2.13. The lowest BCUT2D eigenvalue weighted by Gasteiger charge is -2.03. The summed E-state index contributed by atoms with van der Waals surface area (Å²) in [7, 11) is 1.83. The Kier molecular flexibility index (Phi) is 3.79. The van der Waals surface area contributed by atoms with E-state index in [9.17, 15) is 9.18 Å². The lowest BCUT2D eigenvalue weighted by Crippen LogP contribution is -2.08. The van der Waals surface area contributed by atoms with Crippen LogP contribution in [-0.4, -0.2) is 15.6 Å². The van der Waals surface area contributed by atoms with Gasteiger partial charge in [0.05, 0.1) is 12.1 Å². The van der Waals surface area contributed by atoms with Crippen molar-refractivity contribution in [2.75, 3.05) is 0 Å². The van der Waals surface area contributed by atoms with Gasteiger partial charge in [-0.1, -0.05) is 6.92 Å². The number of ketones is 1. The molecule has 0 N–H and O–H groups in total. The van der Waals surface area contributed by atoms with Crippen LogP contribution in [0.2, 0.25) is 0 Å². The number of rotatable bonds is 4. The van der Waals surface area contributed by atoms with Crippen molar-refractivity contribution in [3.05, 3.63) is 52.6 Å². The third-order valence-electron chi connectivity index (χ3n) is 3.21. The van der Waals surface area contributed by atoms with E-state index in [2.05, 4.69) is 5.10 Å². The molecule has 100 valence electrons. The summed E-state index contributed by atoms with van der Waals surface area (Å²) >= 11 is 0. The van der Waals surface area contributed by atoms with Crippen molar-refractivity contribution in [2.45, 2.75) is 26.7 Å². The first-order chi connectivity index (χ1) is 9.01. The van der Waals surface area contributed by atoms with E-state index in [0.717, 1.165) is 17.8 Å². The average molecular weight is 260 g/mol. The number of halogens is 1. The predicted molar refractivity (Wildman–Crippen MR) is 71.8 cm³/mol. The summed E-state index contributed by atoms with van der Waals surface area (Å²) < 4.78 is 14.9. The standard InChI is InChI=1S/C15H17FN2O/c1-4-12-8-13(18(3)17-12)9-15(19)11-5-6-14(16)10(2)7-11/h5-8H,4,9H2,1-3H3. The predicted octanol–water partition coefficient (Wildman–Crippen LogP) is 2.86. The fourth-order valence-electron chi connectivity index (χ4n) is 1.99. The Labute approximate surface area is 112 Å². The molecule has 0 aliphatic rings. The highest BCUT2D eigenvalue weighted by molar-refractivity contribution is 5.97. The van der Waals surface area contributed by atoms with Crippen molar-refractivity contribution >= 4 is 5.78 Å². The maximum atomic E-state index is 13.2. The molecule has 0 radical (unpaired) electrons. The van der Waals surface area contributed by atoms with Gasteiger partial charge in [-0.3, -0.25) is 9.48 Å². The fraction of sp³-hybridized carbons (Fsp3) is 0.333. The molecule has 0 unspecified atom stereocenters. The molecular formula is C15H17FN2O. The molecule has 1 aromatic carbocycles. The van der Waals surface area contributed by atoms with Gasteiger partial charge in [0.25, 0.3) is 0 Å². The third-order valence-corrected chi connectivity index (χ3v) is 3.21. The minimum Gasteiger partial charge on any atom is -0.294 e. The molecule has 0 bridgehead atoms. The Morgan fingerprint density at radius 1 is 1.37 bits per heavy atom. The number of benzene rings is 1. The van der Waals surface area contributed by atoms with Crippen LogP contribution in [0.15, 0.2) is 24.3 Å². The van der Waals surface area contributed by atoms with Crippen LogP contribution >= 0.6 is 0 Å². The summed E-state index contributed by atoms with van der Waals surface area (Å²) in [4.78, 5) is 12.2. The number of carbonyl (C=O) groups excluding carboxylic acids is 1. The molecule has 0 saturated carbocycles. The number of hydrogen-bond acceptors (Lipinski definition) is 2. The largest absolute Gasteiger partial charge is 0.294 e. The zero-order valence-electron chi connectivity index (χ0n) is 11.4. The van der Waals surface area contributed by atoms with E-state index in [0.29, 0.717) is 11.1 Å². The first-order valence-corrected chi connectivity index (χ1v) is 6.32. The molecule has 0 aliphatic heterocycles. The fourth-order valence-corrected chi connectivity index (χ4v) is 1.99. The summed E-state index contributed by atoms with van der Waals surface area (Å²) in [6.45, 7) is 3.68. The number of hydrogen-bond donors (Lipinski definition) is 0. The third kappa shape index (κ3) is 2.89. The molecule has 0 saturated heterocycles. The first kappa shape index (κ1) is 13.5. The number of aryl methyl sites for hydroxylation is 3. The van der Waals surface area contributed by atoms with Crippen molar-refractivity contribution in [1.82, 2.24) is 9.78 Å². The van der Waals surface area contributed by atoms with Gasteiger partial charge in [-0.2, -0.15) is 5.10 Å². The highest BCUT2D eigenvalue weighted by atomic mass is 19.1. The van der Waals surface area contributed by atoms with Crippen LogP contribution < -0.4 is 0 Å². The van der Waals surface area contributed by atoms with Crippen molar-refractivity contribution < 1.29 is 9.18 Å². The molecule has 0 fully saturated rings. The summed E-state index contributed by atoms with van der Waals surface area (Å²) in [6, 6.07) is 6.40. The van der Waals surface area contributed by atoms with Gasteiger partial charge in [-0.15, -0.1) is 0 Å². The topological polar surface area (TPSA) is 34.9 Å². The first-order valence-electron chi connectivity index (χ1n) is 6.32. The molecule has 2 aromatic rings. The van der Waals surface area contributed by atoms with Crippen molar-refractivity contribution in [1.29, 1.82) is 0 Å². The van der Waals surface area contributed by atoms with Crippen LogP contribution in [0, 0.1) is 12.7 Å². The number of carbonyl (C=O) groups is 1. The van der Waals surface area contributed by atoms with E-state index in [1.807, 2.05) is 20.0 Å². The second-order valence-corrected chi connectivity index (χ2v) is 4.67. The number of Topliss-reactive ketones (excluding diaryl/α,β-unsaturated/α-hetero) is 1. The van der Waals surface area contributed by atoms with Crippen LogP contribution in [0.3, 0.4) is 0 Å². The maximum Gasteiger partial charge on any atom is 0.168 e. The van der Waals surface area contributed by atoms with Gasteiger partial charge in [0.1, 0.15) is 5.82 Å². The smallest absolute Gasteiger partial charge is 0.168 e. The SMILES string of the molecule is CCc1cc(CC(=O)c2ccc(F)c(C)c2)n(C)n1. The molecule has 1 heterocycles. The molecule has 3 nitrogen and oxygen atoms in total. The number of nitrogens with zero attached hydrogens (tertiary/aromatic N) is 2. The second-order valence-electron chi connectivity index (χ2n) is 4.67. The summed E-state index contributed by atoms with van der Waals surface area (Å²) in [5.41, 5.74) is 2.88. The lowest BCUT2D eigenvalue weighted by molar-refractivity contribution is 0.0990. The Hall–Kier alpha value is -1.97. The van der Waals surface area contributed by atoms with Gasteiger partial charge in [0.2, 0.25) is 0 Å². The van der Waals surface area contributed by atoms with Crippen LogP contribution in [-0.2, 0) is 19.9 Å². The van der Waals surface area contributed by atoms with Gasteiger partial charge < -0.3 is 0 Å². The normalized spacial score (nSPS) is 10.7. The van der Waals surface area contributed by atoms with Gasteiger partial charge in [0.15, 0.2) is 5.78 Å². The molecule has 19 heavy (non-hydrogen) atoms. The Bertz CT molecular complexity index is 617. The van der Waals surface area contributed by atoms with Crippen LogP contribution in [0.25, 0.3) is 0 Å². The molecular weight excluding hydrogens is 243 g/mol. The van der Waals surface area contributed by atoms with Gasteiger partial charge in [-0.25, -0.2) is 4.39 Å². The minimum atomic E-state index is -0.287. The Morgan fingerprint density at radius 3 is 2.68 bits per heavy atom. The Balaban J connectivity index is 2.20. The summed E-state index contributed by atoms with van der Waals surface area (Å²) in [5, 5.41) is 4.31. The van der Waals surface area contributed by atoms with E-state index >= 15 is 0 Å². The molecule has 2 rings (SSSR count). The van der Waals surface area contributed by atoms with E-state index < -0.39 is 0 Å². The van der Waals surface area contributed by atoms with E-state index in [4.69, 9.17) is 0 Å². The molecule has 0 amide bonds. The lowest BCUT2D eigenvalue weighted by atomic mass is 10.0. The van der Waals surface area contributed by atoms with Crippen LogP contribution in [0.4, 0.5) is 4.39 Å². The van der Waals surface area contributed by atoms with Gasteiger partial charge >= 0.3 is 0 Å². The zero-order chi connectivity index (χ0) is 14.0. The zero-order valence-corrected chi connectivity index (χ0v) is 11.4. The molecule has 0 aliphatic carbocycles. The second kappa shape index (κ2) is 5.34. The molecule has 0 spiro atoms. The van der Waals surface area contributed by atoms with Crippen molar-refractivity contribution in [3.63, 3.8) is 0 Å². The number of aromatic nitrogens is 2. The van der Waals surface area contributed by atoms with E-state index in [1.54, 1.807) is 17.7 Å². The minimum absolute atomic E-state index is 0.0197.